The molecule has 154 valence electrons. The minimum Gasteiger partial charge on any atom is -0.454 e. The van der Waals surface area contributed by atoms with Crippen molar-refractivity contribution in [1.29, 1.82) is 0 Å². The zero-order valence-corrected chi connectivity index (χ0v) is 16.3. The van der Waals surface area contributed by atoms with Crippen molar-refractivity contribution in [2.24, 2.45) is 0 Å². The number of esters is 1. The lowest BCUT2D eigenvalue weighted by Crippen LogP contribution is -2.36. The maximum Gasteiger partial charge on any atom is 0.326 e. The molecule has 30 heavy (non-hydrogen) atoms. The van der Waals surface area contributed by atoms with Crippen LogP contribution in [0, 0.1) is 10.1 Å². The minimum absolute atomic E-state index is 0.00484. The Kier molecular flexibility index (Phi) is 5.94. The Morgan fingerprint density at radius 3 is 2.63 bits per heavy atom. The number of aromatic nitrogens is 1. The molecule has 2 heterocycles. The van der Waals surface area contributed by atoms with Crippen molar-refractivity contribution in [2.75, 3.05) is 18.5 Å². The van der Waals surface area contributed by atoms with Gasteiger partial charge in [-0.3, -0.25) is 34.2 Å². The molecule has 0 aliphatic carbocycles. The highest BCUT2D eigenvalue weighted by Gasteiger charge is 2.41. The van der Waals surface area contributed by atoms with E-state index in [2.05, 4.69) is 10.3 Å². The molecule has 3 amide bonds. The molecule has 0 fully saturated rings. The first kappa shape index (κ1) is 21.1. The van der Waals surface area contributed by atoms with Crippen molar-refractivity contribution in [1.82, 2.24) is 9.88 Å². The molecule has 0 bridgehead atoms. The van der Waals surface area contributed by atoms with E-state index < -0.39 is 53.0 Å². The van der Waals surface area contributed by atoms with Crippen molar-refractivity contribution in [2.45, 2.75) is 0 Å². The van der Waals surface area contributed by atoms with Crippen LogP contribution in [0.1, 0.15) is 20.7 Å². The maximum atomic E-state index is 12.4. The van der Waals surface area contributed by atoms with E-state index in [9.17, 15) is 29.3 Å². The summed E-state index contributed by atoms with van der Waals surface area (Å²) in [5.41, 5.74) is -1.14. The molecule has 2 aromatic rings. The van der Waals surface area contributed by atoms with E-state index in [1.165, 1.54) is 24.4 Å². The third-order valence-corrected chi connectivity index (χ3v) is 4.39. The molecule has 1 aromatic carbocycles. The fraction of sp³-hybridized carbons (Fsp3) is 0.118. The molecule has 1 N–H and O–H groups in total. The molecule has 3 rings (SSSR count). The number of hydrogen-bond acceptors (Lipinski definition) is 8. The number of anilines is 1. The lowest BCUT2D eigenvalue weighted by atomic mass is 10.1. The molecule has 0 unspecified atom stereocenters. The molecule has 1 aromatic heterocycles. The number of benzene rings is 1. The summed E-state index contributed by atoms with van der Waals surface area (Å²) in [6.45, 7) is -1.57. The number of nitrogens with zero attached hydrogens (tertiary/aromatic N) is 3. The number of nitro groups is 1. The van der Waals surface area contributed by atoms with Crippen LogP contribution in [0.4, 0.5) is 11.5 Å². The molecular formula is C17H10Cl2N4O7. The monoisotopic (exact) mass is 452 g/mol. The van der Waals surface area contributed by atoms with Crippen LogP contribution in [-0.2, 0) is 14.3 Å². The molecule has 13 heteroatoms. The molecule has 0 radical (unpaired) electrons. The van der Waals surface area contributed by atoms with Gasteiger partial charge in [-0.05, 0) is 12.1 Å². The number of rotatable bonds is 6. The maximum absolute atomic E-state index is 12.4. The Bertz CT molecular complexity index is 1110. The lowest BCUT2D eigenvalue weighted by Gasteiger charge is -2.13. The van der Waals surface area contributed by atoms with Gasteiger partial charge in [-0.15, -0.1) is 0 Å². The van der Waals surface area contributed by atoms with Crippen LogP contribution in [0.2, 0.25) is 10.0 Å². The number of imide groups is 1. The molecule has 11 nitrogen and oxygen atoms in total. The molecule has 1 aliphatic heterocycles. The van der Waals surface area contributed by atoms with Crippen LogP contribution in [-0.4, -0.2) is 51.6 Å². The van der Waals surface area contributed by atoms with Gasteiger partial charge in [0, 0.05) is 12.3 Å². The van der Waals surface area contributed by atoms with E-state index in [0.29, 0.717) is 4.90 Å². The minimum atomic E-state index is -1.07. The first-order valence-electron chi connectivity index (χ1n) is 8.09. The number of fused-ring (bicyclic) bond motifs is 1. The van der Waals surface area contributed by atoms with Crippen LogP contribution in [0.5, 0.6) is 0 Å². The lowest BCUT2D eigenvalue weighted by molar-refractivity contribution is -0.385. The highest BCUT2D eigenvalue weighted by molar-refractivity contribution is 6.36. The predicted molar refractivity (Wildman–Crippen MR) is 102 cm³/mol. The van der Waals surface area contributed by atoms with E-state index in [-0.39, 0.29) is 21.4 Å². The first-order chi connectivity index (χ1) is 14.2. The molecular weight excluding hydrogens is 443 g/mol. The quantitative estimate of drug-likeness (QED) is 0.302. The first-order valence-corrected chi connectivity index (χ1v) is 8.84. The summed E-state index contributed by atoms with van der Waals surface area (Å²) >= 11 is 11.6. The number of nitro benzene ring substituents is 1. The predicted octanol–water partition coefficient (Wildman–Crippen LogP) is 2.07. The van der Waals surface area contributed by atoms with Gasteiger partial charge in [0.25, 0.3) is 23.4 Å². The van der Waals surface area contributed by atoms with Gasteiger partial charge in [-0.25, -0.2) is 4.98 Å². The highest BCUT2D eigenvalue weighted by Crippen LogP contribution is 2.30. The van der Waals surface area contributed by atoms with E-state index in [1.54, 1.807) is 0 Å². The van der Waals surface area contributed by atoms with E-state index in [0.717, 1.165) is 6.07 Å². The molecule has 1 aliphatic rings. The largest absolute Gasteiger partial charge is 0.454 e. The van der Waals surface area contributed by atoms with E-state index >= 15 is 0 Å². The van der Waals surface area contributed by atoms with Gasteiger partial charge >= 0.3 is 5.97 Å². The van der Waals surface area contributed by atoms with Gasteiger partial charge in [0.1, 0.15) is 12.1 Å². The number of carbonyl (C=O) groups is 4. The Hall–Kier alpha value is -3.57. The zero-order valence-electron chi connectivity index (χ0n) is 14.8. The SMILES string of the molecule is O=C(COC(=O)CN1C(=O)c2cccc([N+](=O)[O-])c2C1=O)Nc1ncc(Cl)cc1Cl. The average Bonchev–Trinajstić information content (AvgIpc) is 2.93. The summed E-state index contributed by atoms with van der Waals surface area (Å²) in [6.07, 6.45) is 1.25. The number of hydrogen-bond donors (Lipinski definition) is 1. The Morgan fingerprint density at radius 1 is 1.23 bits per heavy atom. The van der Waals surface area contributed by atoms with Crippen molar-refractivity contribution in [3.05, 3.63) is 61.7 Å². The summed E-state index contributed by atoms with van der Waals surface area (Å²) < 4.78 is 4.75. The van der Waals surface area contributed by atoms with Crippen LogP contribution in [0.15, 0.2) is 30.5 Å². The summed E-state index contributed by atoms with van der Waals surface area (Å²) in [5.74, 6) is -3.73. The van der Waals surface area contributed by atoms with Gasteiger partial charge in [-0.1, -0.05) is 29.3 Å². The van der Waals surface area contributed by atoms with Gasteiger partial charge in [-0.2, -0.15) is 0 Å². The highest BCUT2D eigenvalue weighted by atomic mass is 35.5. The second-order valence-electron chi connectivity index (χ2n) is 5.85. The van der Waals surface area contributed by atoms with Gasteiger partial charge in [0.05, 0.1) is 20.5 Å². The van der Waals surface area contributed by atoms with Crippen LogP contribution in [0.3, 0.4) is 0 Å². The van der Waals surface area contributed by atoms with Crippen molar-refractivity contribution in [3.63, 3.8) is 0 Å². The molecule has 0 saturated carbocycles. The molecule has 0 saturated heterocycles. The third-order valence-electron chi connectivity index (χ3n) is 3.89. The van der Waals surface area contributed by atoms with Crippen molar-refractivity contribution in [3.8, 4) is 0 Å². The fourth-order valence-electron chi connectivity index (χ4n) is 2.61. The number of carbonyl (C=O) groups excluding carboxylic acids is 4. The van der Waals surface area contributed by atoms with E-state index in [1.807, 2.05) is 0 Å². The topological polar surface area (TPSA) is 149 Å². The summed E-state index contributed by atoms with van der Waals surface area (Å²) in [4.78, 5) is 63.2. The molecule has 0 spiro atoms. The van der Waals surface area contributed by atoms with Gasteiger partial charge in [0.15, 0.2) is 12.4 Å². The Morgan fingerprint density at radius 2 is 1.97 bits per heavy atom. The number of nitrogens with one attached hydrogen (secondary N) is 1. The van der Waals surface area contributed by atoms with Crippen LogP contribution in [0.25, 0.3) is 0 Å². The zero-order chi connectivity index (χ0) is 22.0. The third kappa shape index (κ3) is 4.21. The second-order valence-corrected chi connectivity index (χ2v) is 6.69. The number of pyridine rings is 1. The van der Waals surface area contributed by atoms with Crippen LogP contribution >= 0.6 is 23.2 Å². The summed E-state index contributed by atoms with van der Waals surface area (Å²) in [5, 5.41) is 13.7. The van der Waals surface area contributed by atoms with Crippen LogP contribution < -0.4 is 5.32 Å². The standard InChI is InChI=1S/C17H10Cl2N4O7/c18-8-4-10(19)15(20-5-8)21-12(24)7-30-13(25)6-22-16(26)9-2-1-3-11(23(28)29)14(9)17(22)27/h1-5H,6-7H2,(H,20,21,24). The van der Waals surface area contributed by atoms with Gasteiger partial charge < -0.3 is 10.1 Å². The second kappa shape index (κ2) is 8.43. The van der Waals surface area contributed by atoms with Crippen molar-refractivity contribution >= 4 is 58.4 Å². The number of halogens is 2. The fourth-order valence-corrected chi connectivity index (χ4v) is 3.03. The van der Waals surface area contributed by atoms with Gasteiger partial charge in [0.2, 0.25) is 0 Å². The summed E-state index contributed by atoms with van der Waals surface area (Å²) in [7, 11) is 0. The smallest absolute Gasteiger partial charge is 0.326 e. The Labute approximate surface area is 177 Å². The summed E-state index contributed by atoms with van der Waals surface area (Å²) in [6, 6.07) is 4.92. The number of amides is 3. The Balaban J connectivity index is 1.61. The molecule has 0 atom stereocenters. The normalized spacial score (nSPS) is 12.5. The van der Waals surface area contributed by atoms with Crippen molar-refractivity contribution < 1.29 is 28.8 Å². The average molecular weight is 453 g/mol. The number of ether oxygens (including phenoxy) is 1. The van der Waals surface area contributed by atoms with E-state index in [4.69, 9.17) is 27.9 Å².